The summed E-state index contributed by atoms with van der Waals surface area (Å²) in [5, 5.41) is 12.6. The Balaban J connectivity index is 1.93. The molecular formula is C15H24N2O5S2. The van der Waals surface area contributed by atoms with Crippen LogP contribution in [0, 0.1) is 20.8 Å². The highest BCUT2D eigenvalue weighted by molar-refractivity contribution is 7.91. The van der Waals surface area contributed by atoms with Crippen LogP contribution in [0.25, 0.3) is 0 Å². The lowest BCUT2D eigenvalue weighted by atomic mass is 10.1. The Bertz CT molecular complexity index is 819. The van der Waals surface area contributed by atoms with Gasteiger partial charge in [0.05, 0.1) is 22.5 Å². The van der Waals surface area contributed by atoms with Gasteiger partial charge in [0, 0.05) is 19.1 Å². The molecule has 136 valence electrons. The van der Waals surface area contributed by atoms with Gasteiger partial charge in [-0.15, -0.1) is 0 Å². The molecule has 2 atom stereocenters. The first kappa shape index (κ1) is 19.3. The molecule has 1 saturated heterocycles. The van der Waals surface area contributed by atoms with Crippen LogP contribution in [0.2, 0.25) is 0 Å². The molecule has 7 nitrogen and oxygen atoms in total. The van der Waals surface area contributed by atoms with Gasteiger partial charge in [-0.25, -0.2) is 21.6 Å². The number of aliphatic hydroxyl groups is 1. The predicted molar refractivity (Wildman–Crippen MR) is 92.3 cm³/mol. The number of benzene rings is 1. The molecule has 0 radical (unpaired) electrons. The lowest BCUT2D eigenvalue weighted by Crippen LogP contribution is -2.42. The molecule has 24 heavy (non-hydrogen) atoms. The molecule has 0 saturated carbocycles. The topological polar surface area (TPSA) is 113 Å². The van der Waals surface area contributed by atoms with Crippen LogP contribution < -0.4 is 10.0 Å². The fourth-order valence-electron chi connectivity index (χ4n) is 2.77. The van der Waals surface area contributed by atoms with E-state index in [1.807, 2.05) is 19.9 Å². The van der Waals surface area contributed by atoms with Gasteiger partial charge in [0.2, 0.25) is 10.0 Å². The van der Waals surface area contributed by atoms with Crippen molar-refractivity contribution in [2.75, 3.05) is 24.6 Å². The average molecular weight is 377 g/mol. The highest BCUT2D eigenvalue weighted by Crippen LogP contribution is 2.19. The van der Waals surface area contributed by atoms with E-state index in [9.17, 15) is 21.9 Å². The molecule has 0 aromatic heterocycles. The summed E-state index contributed by atoms with van der Waals surface area (Å²) < 4.78 is 50.1. The lowest BCUT2D eigenvalue weighted by Gasteiger charge is -2.16. The normalized spacial score (nSPS) is 23.5. The number of aliphatic hydroxyl groups excluding tert-OH is 1. The van der Waals surface area contributed by atoms with Crippen LogP contribution in [-0.4, -0.2) is 58.7 Å². The van der Waals surface area contributed by atoms with Crippen molar-refractivity contribution in [2.24, 2.45) is 0 Å². The summed E-state index contributed by atoms with van der Waals surface area (Å²) in [7, 11) is -6.85. The molecule has 0 spiro atoms. The van der Waals surface area contributed by atoms with Gasteiger partial charge in [0.15, 0.2) is 9.84 Å². The van der Waals surface area contributed by atoms with Gasteiger partial charge in [-0.3, -0.25) is 0 Å². The van der Waals surface area contributed by atoms with Crippen molar-refractivity contribution in [3.63, 3.8) is 0 Å². The van der Waals surface area contributed by atoms with Crippen LogP contribution in [0.5, 0.6) is 0 Å². The minimum Gasteiger partial charge on any atom is -0.390 e. The number of aryl methyl sites for hydroxylation is 3. The number of rotatable bonds is 6. The average Bonchev–Trinajstić information content (AvgIpc) is 2.71. The fourth-order valence-corrected chi connectivity index (χ4v) is 5.89. The summed E-state index contributed by atoms with van der Waals surface area (Å²) in [4.78, 5) is 0.245. The molecule has 1 fully saturated rings. The molecule has 1 aromatic rings. The first-order chi connectivity index (χ1) is 11.0. The van der Waals surface area contributed by atoms with Gasteiger partial charge in [0.25, 0.3) is 0 Å². The van der Waals surface area contributed by atoms with E-state index in [0.717, 1.165) is 11.1 Å². The second-order valence-electron chi connectivity index (χ2n) is 6.30. The zero-order valence-corrected chi connectivity index (χ0v) is 15.7. The second kappa shape index (κ2) is 7.09. The standard InChI is InChI=1S/C15H24N2O5S2/c1-10-6-12(3)15(7-11(10)2)24(21,22)17-5-4-16-13-8-23(19,20)9-14(13)18/h6-7,13-14,16-18H,4-5,8-9H2,1-3H3/t13-,14+/m0/s1. The van der Waals surface area contributed by atoms with Gasteiger partial charge < -0.3 is 10.4 Å². The molecule has 0 amide bonds. The minimum atomic E-state index is -3.63. The zero-order chi connectivity index (χ0) is 18.1. The molecule has 1 aromatic carbocycles. The third-order valence-electron chi connectivity index (χ3n) is 4.23. The van der Waals surface area contributed by atoms with Crippen LogP contribution in [-0.2, 0) is 19.9 Å². The summed E-state index contributed by atoms with van der Waals surface area (Å²) in [5.41, 5.74) is 2.61. The van der Waals surface area contributed by atoms with E-state index in [1.54, 1.807) is 13.0 Å². The summed E-state index contributed by atoms with van der Waals surface area (Å²) in [6.07, 6.45) is -0.950. The van der Waals surface area contributed by atoms with E-state index in [-0.39, 0.29) is 29.5 Å². The molecule has 0 bridgehead atoms. The van der Waals surface area contributed by atoms with E-state index in [1.165, 1.54) is 0 Å². The van der Waals surface area contributed by atoms with Gasteiger partial charge in [-0.2, -0.15) is 0 Å². The molecule has 2 rings (SSSR count). The Morgan fingerprint density at radius 1 is 1.08 bits per heavy atom. The Kier molecular flexibility index (Phi) is 5.71. The van der Waals surface area contributed by atoms with Crippen molar-refractivity contribution in [1.82, 2.24) is 10.0 Å². The third kappa shape index (κ3) is 4.54. The van der Waals surface area contributed by atoms with Crippen molar-refractivity contribution in [1.29, 1.82) is 0 Å². The highest BCUT2D eigenvalue weighted by Gasteiger charge is 2.35. The fraction of sp³-hybridized carbons (Fsp3) is 0.600. The third-order valence-corrected chi connectivity index (χ3v) is 7.55. The molecule has 1 aliphatic rings. The van der Waals surface area contributed by atoms with Crippen LogP contribution in [0.4, 0.5) is 0 Å². The van der Waals surface area contributed by atoms with Gasteiger partial charge in [-0.1, -0.05) is 6.07 Å². The van der Waals surface area contributed by atoms with Gasteiger partial charge >= 0.3 is 0 Å². The van der Waals surface area contributed by atoms with Crippen molar-refractivity contribution in [3.05, 3.63) is 28.8 Å². The first-order valence-electron chi connectivity index (χ1n) is 7.71. The van der Waals surface area contributed by atoms with E-state index in [2.05, 4.69) is 10.0 Å². The Morgan fingerprint density at radius 2 is 1.71 bits per heavy atom. The summed E-state index contributed by atoms with van der Waals surface area (Å²) in [5.74, 6) is -0.380. The summed E-state index contributed by atoms with van der Waals surface area (Å²) >= 11 is 0. The second-order valence-corrected chi connectivity index (χ2v) is 10.2. The molecule has 0 unspecified atom stereocenters. The van der Waals surface area contributed by atoms with Crippen molar-refractivity contribution >= 4 is 19.9 Å². The van der Waals surface area contributed by atoms with Crippen LogP contribution >= 0.6 is 0 Å². The maximum atomic E-state index is 12.4. The van der Waals surface area contributed by atoms with Gasteiger partial charge in [0.1, 0.15) is 0 Å². The zero-order valence-electron chi connectivity index (χ0n) is 14.0. The quantitative estimate of drug-likeness (QED) is 0.585. The number of sulfonamides is 1. The molecule has 9 heteroatoms. The Hall–Kier alpha value is -1.00. The van der Waals surface area contributed by atoms with E-state index >= 15 is 0 Å². The lowest BCUT2D eigenvalue weighted by molar-refractivity contribution is 0.166. The number of sulfone groups is 1. The monoisotopic (exact) mass is 376 g/mol. The summed E-state index contributed by atoms with van der Waals surface area (Å²) in [6, 6.07) is 2.93. The van der Waals surface area contributed by atoms with E-state index < -0.39 is 32.0 Å². The Morgan fingerprint density at radius 3 is 2.29 bits per heavy atom. The molecular weight excluding hydrogens is 352 g/mol. The SMILES string of the molecule is Cc1cc(C)c(S(=O)(=O)NCCN[C@H]2CS(=O)(=O)C[C@H]2O)cc1C. The highest BCUT2D eigenvalue weighted by atomic mass is 32.2. The number of hydrogen-bond acceptors (Lipinski definition) is 6. The summed E-state index contributed by atoms with van der Waals surface area (Å²) in [6.45, 7) is 5.88. The largest absolute Gasteiger partial charge is 0.390 e. The molecule has 1 heterocycles. The number of nitrogens with one attached hydrogen (secondary N) is 2. The van der Waals surface area contributed by atoms with Crippen LogP contribution in [0.15, 0.2) is 17.0 Å². The number of hydrogen-bond donors (Lipinski definition) is 3. The maximum Gasteiger partial charge on any atom is 0.240 e. The predicted octanol–water partition coefficient (Wildman–Crippen LogP) is -0.362. The van der Waals surface area contributed by atoms with Crippen molar-refractivity contribution < 1.29 is 21.9 Å². The maximum absolute atomic E-state index is 12.4. The van der Waals surface area contributed by atoms with Crippen molar-refractivity contribution in [3.8, 4) is 0 Å². The molecule has 1 aliphatic heterocycles. The smallest absolute Gasteiger partial charge is 0.240 e. The van der Waals surface area contributed by atoms with Crippen LogP contribution in [0.1, 0.15) is 16.7 Å². The Labute approximate surface area is 143 Å². The van der Waals surface area contributed by atoms with Gasteiger partial charge in [-0.05, 0) is 43.5 Å². The first-order valence-corrected chi connectivity index (χ1v) is 11.0. The van der Waals surface area contributed by atoms with E-state index in [4.69, 9.17) is 0 Å². The molecule has 0 aliphatic carbocycles. The van der Waals surface area contributed by atoms with Crippen LogP contribution in [0.3, 0.4) is 0 Å². The molecule has 3 N–H and O–H groups in total. The van der Waals surface area contributed by atoms with Crippen molar-refractivity contribution in [2.45, 2.75) is 37.8 Å². The minimum absolute atomic E-state index is 0.109. The van der Waals surface area contributed by atoms with E-state index in [0.29, 0.717) is 5.56 Å².